The Bertz CT molecular complexity index is 1070. The van der Waals surface area contributed by atoms with E-state index in [0.29, 0.717) is 24.6 Å². The predicted octanol–water partition coefficient (Wildman–Crippen LogP) is 2.67. The lowest BCUT2D eigenvalue weighted by atomic mass is 10.2. The van der Waals surface area contributed by atoms with Crippen LogP contribution in [-0.2, 0) is 0 Å². The van der Waals surface area contributed by atoms with Crippen LogP contribution in [0.1, 0.15) is 11.3 Å². The van der Waals surface area contributed by atoms with Gasteiger partial charge < -0.3 is 16.4 Å². The fourth-order valence-corrected chi connectivity index (χ4v) is 3.64. The van der Waals surface area contributed by atoms with Gasteiger partial charge in [0.1, 0.15) is 17.5 Å². The van der Waals surface area contributed by atoms with Gasteiger partial charge in [-0.15, -0.1) is 12.4 Å². The summed E-state index contributed by atoms with van der Waals surface area (Å²) in [7, 11) is 0. The number of halogens is 3. The van der Waals surface area contributed by atoms with Crippen LogP contribution in [0, 0.1) is 18.6 Å². The summed E-state index contributed by atoms with van der Waals surface area (Å²) in [5.74, 6) is -0.198. The normalized spacial score (nSPS) is 14.7. The summed E-state index contributed by atoms with van der Waals surface area (Å²) in [4.78, 5) is 12.3. The molecule has 1 saturated heterocycles. The quantitative estimate of drug-likeness (QED) is 0.601. The molecule has 0 spiro atoms. The highest BCUT2D eigenvalue weighted by molar-refractivity contribution is 5.85. The van der Waals surface area contributed by atoms with E-state index in [9.17, 15) is 8.78 Å². The second-order valence-corrected chi connectivity index (χ2v) is 7.42. The van der Waals surface area contributed by atoms with Crippen molar-refractivity contribution in [1.82, 2.24) is 24.6 Å². The third-order valence-electron chi connectivity index (χ3n) is 5.26. The SMILES string of the molecule is Cc1c(C=CCN2CCN(c3cc(F)cc(F)c3)CC2)cnn1-c1cc(N)nc(N)n1.Cl. The average Bonchev–Trinajstić information content (AvgIpc) is 3.07. The lowest BCUT2D eigenvalue weighted by Crippen LogP contribution is -2.46. The zero-order valence-corrected chi connectivity index (χ0v) is 18.4. The minimum atomic E-state index is -0.552. The van der Waals surface area contributed by atoms with Gasteiger partial charge in [0, 0.05) is 56.1 Å². The number of hydrogen-bond donors (Lipinski definition) is 2. The van der Waals surface area contributed by atoms with E-state index in [1.807, 2.05) is 17.9 Å². The molecule has 2 aromatic heterocycles. The van der Waals surface area contributed by atoms with Gasteiger partial charge in [0.2, 0.25) is 5.95 Å². The average molecular weight is 463 g/mol. The Balaban J connectivity index is 0.00000289. The molecule has 0 unspecified atom stereocenters. The Labute approximate surface area is 190 Å². The molecule has 0 bridgehead atoms. The summed E-state index contributed by atoms with van der Waals surface area (Å²) in [5, 5.41) is 4.37. The molecule has 0 aliphatic carbocycles. The number of nitrogen functional groups attached to an aromatic ring is 2. The maximum atomic E-state index is 13.5. The highest BCUT2D eigenvalue weighted by Crippen LogP contribution is 2.20. The Morgan fingerprint density at radius 1 is 1.00 bits per heavy atom. The van der Waals surface area contributed by atoms with Crippen molar-refractivity contribution < 1.29 is 8.78 Å². The van der Waals surface area contributed by atoms with Crippen molar-refractivity contribution in [2.24, 2.45) is 0 Å². The first kappa shape index (κ1) is 23.4. The molecule has 8 nitrogen and oxygen atoms in total. The minimum absolute atomic E-state index is 0. The second-order valence-electron chi connectivity index (χ2n) is 7.42. The third kappa shape index (κ3) is 5.32. The number of aromatic nitrogens is 4. The van der Waals surface area contributed by atoms with Crippen molar-refractivity contribution in [2.45, 2.75) is 6.92 Å². The van der Waals surface area contributed by atoms with Crippen LogP contribution in [0.2, 0.25) is 0 Å². The van der Waals surface area contributed by atoms with E-state index in [0.717, 1.165) is 37.0 Å². The summed E-state index contributed by atoms with van der Waals surface area (Å²) in [6, 6.07) is 5.26. The zero-order valence-electron chi connectivity index (χ0n) is 17.6. The fourth-order valence-electron chi connectivity index (χ4n) is 3.64. The first-order chi connectivity index (χ1) is 14.9. The number of nitrogens with two attached hydrogens (primary N) is 2. The van der Waals surface area contributed by atoms with Crippen molar-refractivity contribution in [3.63, 3.8) is 0 Å². The number of hydrogen-bond acceptors (Lipinski definition) is 7. The van der Waals surface area contributed by atoms with E-state index in [4.69, 9.17) is 11.5 Å². The molecule has 4 rings (SSSR count). The summed E-state index contributed by atoms with van der Waals surface area (Å²) < 4.78 is 28.6. The summed E-state index contributed by atoms with van der Waals surface area (Å²) in [6.07, 6.45) is 5.85. The Morgan fingerprint density at radius 3 is 2.34 bits per heavy atom. The lowest BCUT2D eigenvalue weighted by molar-refractivity contribution is 0.284. The molecule has 11 heteroatoms. The van der Waals surface area contributed by atoms with E-state index >= 15 is 0 Å². The van der Waals surface area contributed by atoms with Crippen molar-refractivity contribution in [2.75, 3.05) is 49.1 Å². The van der Waals surface area contributed by atoms with Crippen LogP contribution in [0.25, 0.3) is 11.9 Å². The van der Waals surface area contributed by atoms with E-state index < -0.39 is 11.6 Å². The van der Waals surface area contributed by atoms with Crippen LogP contribution >= 0.6 is 12.4 Å². The maximum absolute atomic E-state index is 13.5. The van der Waals surface area contributed by atoms with Gasteiger partial charge in [0.05, 0.1) is 11.9 Å². The van der Waals surface area contributed by atoms with Crippen LogP contribution in [0.3, 0.4) is 0 Å². The number of piperazine rings is 1. The number of anilines is 3. The lowest BCUT2D eigenvalue weighted by Gasteiger charge is -2.35. The molecular formula is C21H25ClF2N8. The highest BCUT2D eigenvalue weighted by atomic mass is 35.5. The second kappa shape index (κ2) is 9.92. The predicted molar refractivity (Wildman–Crippen MR) is 124 cm³/mol. The smallest absolute Gasteiger partial charge is 0.224 e. The molecule has 1 aliphatic heterocycles. The van der Waals surface area contributed by atoms with Gasteiger partial charge in [-0.2, -0.15) is 15.1 Å². The number of rotatable bonds is 5. The van der Waals surface area contributed by atoms with Crippen molar-refractivity contribution in [1.29, 1.82) is 0 Å². The van der Waals surface area contributed by atoms with Crippen LogP contribution in [-0.4, -0.2) is 57.4 Å². The third-order valence-corrected chi connectivity index (χ3v) is 5.26. The van der Waals surface area contributed by atoms with Crippen molar-refractivity contribution in [3.8, 4) is 5.82 Å². The molecule has 0 saturated carbocycles. The van der Waals surface area contributed by atoms with Crippen molar-refractivity contribution >= 4 is 35.9 Å². The number of benzene rings is 1. The highest BCUT2D eigenvalue weighted by Gasteiger charge is 2.17. The van der Waals surface area contributed by atoms with Gasteiger partial charge in [-0.05, 0) is 19.1 Å². The Morgan fingerprint density at radius 2 is 1.69 bits per heavy atom. The van der Waals surface area contributed by atoms with Crippen LogP contribution < -0.4 is 16.4 Å². The van der Waals surface area contributed by atoms with Crippen LogP contribution in [0.4, 0.5) is 26.2 Å². The fraction of sp³-hybridized carbons (Fsp3) is 0.286. The molecule has 1 aliphatic rings. The summed E-state index contributed by atoms with van der Waals surface area (Å²) in [6.45, 7) is 5.75. The molecule has 1 fully saturated rings. The molecule has 3 heterocycles. The Kier molecular flexibility index (Phi) is 7.26. The molecule has 0 atom stereocenters. The summed E-state index contributed by atoms with van der Waals surface area (Å²) >= 11 is 0. The molecule has 1 aromatic carbocycles. The van der Waals surface area contributed by atoms with E-state index in [-0.39, 0.29) is 24.2 Å². The molecule has 32 heavy (non-hydrogen) atoms. The van der Waals surface area contributed by atoms with E-state index in [2.05, 4.69) is 26.0 Å². The Hall–Kier alpha value is -3.24. The largest absolute Gasteiger partial charge is 0.383 e. The number of nitrogens with zero attached hydrogens (tertiary/aromatic N) is 6. The minimum Gasteiger partial charge on any atom is -0.383 e. The molecular weight excluding hydrogens is 438 g/mol. The first-order valence-electron chi connectivity index (χ1n) is 9.94. The molecule has 0 radical (unpaired) electrons. The van der Waals surface area contributed by atoms with Gasteiger partial charge in [-0.1, -0.05) is 12.2 Å². The van der Waals surface area contributed by atoms with E-state index in [1.54, 1.807) is 16.9 Å². The van der Waals surface area contributed by atoms with E-state index in [1.165, 1.54) is 12.1 Å². The first-order valence-corrected chi connectivity index (χ1v) is 9.94. The molecule has 4 N–H and O–H groups in total. The zero-order chi connectivity index (χ0) is 22.0. The van der Waals surface area contributed by atoms with Gasteiger partial charge in [-0.3, -0.25) is 4.90 Å². The van der Waals surface area contributed by atoms with Gasteiger partial charge >= 0.3 is 0 Å². The standard InChI is InChI=1S/C21H24F2N8.ClH/c1-14-15(13-26-31(14)20-12-19(24)27-21(25)28-20)3-2-4-29-5-7-30(8-6-29)18-10-16(22)9-17(23)11-18;/h2-3,9-13H,4-8H2,1H3,(H4,24,25,27,28);1H. The van der Waals surface area contributed by atoms with Crippen LogP contribution in [0.5, 0.6) is 0 Å². The van der Waals surface area contributed by atoms with Crippen LogP contribution in [0.15, 0.2) is 36.5 Å². The van der Waals surface area contributed by atoms with Crippen molar-refractivity contribution in [3.05, 3.63) is 59.4 Å². The maximum Gasteiger partial charge on any atom is 0.224 e. The summed E-state index contributed by atoms with van der Waals surface area (Å²) in [5.41, 5.74) is 13.9. The monoisotopic (exact) mass is 462 g/mol. The molecule has 0 amide bonds. The molecule has 3 aromatic rings. The molecule has 170 valence electrons. The van der Waals surface area contributed by atoms with Gasteiger partial charge in [-0.25, -0.2) is 13.5 Å². The van der Waals surface area contributed by atoms with Gasteiger partial charge in [0.15, 0.2) is 5.82 Å². The van der Waals surface area contributed by atoms with Gasteiger partial charge in [0.25, 0.3) is 0 Å². The topological polar surface area (TPSA) is 102 Å².